The van der Waals surface area contributed by atoms with Crippen LogP contribution < -0.4 is 5.43 Å². The summed E-state index contributed by atoms with van der Waals surface area (Å²) >= 11 is 8.61. The van der Waals surface area contributed by atoms with E-state index in [0.717, 1.165) is 25.7 Å². The first-order valence-corrected chi connectivity index (χ1v) is 6.99. The number of nitrogens with zero attached hydrogens (tertiary/aromatic N) is 2. The monoisotopic (exact) mass is 336 g/mol. The lowest BCUT2D eigenvalue weighted by molar-refractivity contribution is -0.386. The maximum Gasteiger partial charge on any atom is 0.333 e. The number of unbranched alkanes of at least 4 members (excludes halogenated alkanes) is 3. The van der Waals surface area contributed by atoms with Crippen molar-refractivity contribution >= 4 is 33.2 Å². The van der Waals surface area contributed by atoms with Gasteiger partial charge in [-0.2, -0.15) is 0 Å². The minimum absolute atomic E-state index is 0.220. The van der Waals surface area contributed by atoms with E-state index in [0.29, 0.717) is 12.4 Å². The first kappa shape index (κ1) is 15.2. The van der Waals surface area contributed by atoms with Gasteiger partial charge in [0.1, 0.15) is 0 Å². The number of aryl methyl sites for hydroxylation is 1. The van der Waals surface area contributed by atoms with Crippen LogP contribution in [0.2, 0.25) is 0 Å². The van der Waals surface area contributed by atoms with Gasteiger partial charge in [-0.1, -0.05) is 12.8 Å². The summed E-state index contributed by atoms with van der Waals surface area (Å²) in [5.41, 5.74) is -0.983. The molecule has 7 heteroatoms. The molecule has 1 aromatic heterocycles. The number of hydrogen-bond acceptors (Lipinski definition) is 3. The summed E-state index contributed by atoms with van der Waals surface area (Å²) in [5, 5.41) is 10.7. The average molecular weight is 338 g/mol. The minimum Gasteiger partial charge on any atom is -0.347 e. The number of aromatic nitrogens is 1. The molecule has 18 heavy (non-hydrogen) atoms. The van der Waals surface area contributed by atoms with Crippen molar-refractivity contribution in [2.24, 2.45) is 0 Å². The Hall–Kier alpha value is -0.880. The lowest BCUT2D eigenvalue weighted by Gasteiger charge is -2.06. The Morgan fingerprint density at radius 3 is 2.56 bits per heavy atom. The van der Waals surface area contributed by atoms with E-state index in [1.807, 2.05) is 0 Å². The van der Waals surface area contributed by atoms with Gasteiger partial charge in [-0.3, -0.25) is 14.9 Å². The summed E-state index contributed by atoms with van der Waals surface area (Å²) in [4.78, 5) is 21.5. The molecule has 0 saturated carbocycles. The van der Waals surface area contributed by atoms with Crippen LogP contribution in [0.25, 0.3) is 0 Å². The van der Waals surface area contributed by atoms with E-state index in [1.54, 1.807) is 10.8 Å². The quantitative estimate of drug-likeness (QED) is 0.332. The van der Waals surface area contributed by atoms with Crippen molar-refractivity contribution in [3.63, 3.8) is 0 Å². The molecule has 0 aliphatic carbocycles. The summed E-state index contributed by atoms with van der Waals surface area (Å²) in [6.07, 6.45) is 6.82. The molecule has 1 aromatic rings. The fourth-order valence-electron chi connectivity index (χ4n) is 1.58. The van der Waals surface area contributed by atoms with Crippen molar-refractivity contribution in [2.45, 2.75) is 32.2 Å². The summed E-state index contributed by atoms with van der Waals surface area (Å²) in [7, 11) is 0. The predicted molar refractivity (Wildman–Crippen MR) is 74.2 cm³/mol. The molecule has 100 valence electrons. The second-order valence-electron chi connectivity index (χ2n) is 3.92. The van der Waals surface area contributed by atoms with E-state index in [9.17, 15) is 14.9 Å². The first-order valence-electron chi connectivity index (χ1n) is 5.66. The van der Waals surface area contributed by atoms with E-state index in [4.69, 9.17) is 11.6 Å². The van der Waals surface area contributed by atoms with Gasteiger partial charge in [-0.05, 0) is 28.8 Å². The molecule has 1 rings (SSSR count). The van der Waals surface area contributed by atoms with Gasteiger partial charge in [0.25, 0.3) is 5.43 Å². The third kappa shape index (κ3) is 4.42. The number of hydrogen-bond donors (Lipinski definition) is 0. The van der Waals surface area contributed by atoms with Crippen molar-refractivity contribution in [3.05, 3.63) is 37.2 Å². The van der Waals surface area contributed by atoms with Gasteiger partial charge >= 0.3 is 5.69 Å². The minimum atomic E-state index is -0.656. The van der Waals surface area contributed by atoms with E-state index < -0.39 is 16.0 Å². The number of nitro groups is 1. The standard InChI is InChI=1S/C11H14BrClN2O3/c12-9-7-14(6-4-2-1-3-5-13)8-10(11(9)16)15(17)18/h7-8H,1-6H2. The fraction of sp³-hybridized carbons (Fsp3) is 0.545. The van der Waals surface area contributed by atoms with Gasteiger partial charge in [0.2, 0.25) is 0 Å². The maximum atomic E-state index is 11.5. The largest absolute Gasteiger partial charge is 0.347 e. The van der Waals surface area contributed by atoms with Crippen LogP contribution >= 0.6 is 27.5 Å². The van der Waals surface area contributed by atoms with Crippen LogP contribution in [-0.2, 0) is 6.54 Å². The van der Waals surface area contributed by atoms with Crippen molar-refractivity contribution in [1.82, 2.24) is 4.57 Å². The highest BCUT2D eigenvalue weighted by molar-refractivity contribution is 9.10. The number of pyridine rings is 1. The van der Waals surface area contributed by atoms with Crippen LogP contribution in [-0.4, -0.2) is 15.4 Å². The molecule has 0 bridgehead atoms. The molecule has 5 nitrogen and oxygen atoms in total. The molecule has 0 aliphatic heterocycles. The molecule has 1 heterocycles. The van der Waals surface area contributed by atoms with Crippen LogP contribution in [0.15, 0.2) is 21.7 Å². The predicted octanol–water partition coefficient (Wildman–Crippen LogP) is 3.32. The number of halogens is 2. The third-order valence-electron chi connectivity index (χ3n) is 2.51. The zero-order chi connectivity index (χ0) is 13.5. The van der Waals surface area contributed by atoms with Crippen molar-refractivity contribution in [3.8, 4) is 0 Å². The SMILES string of the molecule is O=c1c(Br)cn(CCCCCCCl)cc1[N+](=O)[O-]. The fourth-order valence-corrected chi connectivity index (χ4v) is 2.24. The number of rotatable bonds is 7. The lowest BCUT2D eigenvalue weighted by atomic mass is 10.2. The van der Waals surface area contributed by atoms with Gasteiger partial charge in [-0.15, -0.1) is 11.6 Å². The summed E-state index contributed by atoms with van der Waals surface area (Å²) in [6.45, 7) is 0.655. The Morgan fingerprint density at radius 2 is 1.94 bits per heavy atom. The zero-order valence-electron chi connectivity index (χ0n) is 9.77. The van der Waals surface area contributed by atoms with Crippen LogP contribution in [0.5, 0.6) is 0 Å². The highest BCUT2D eigenvalue weighted by Gasteiger charge is 2.15. The van der Waals surface area contributed by atoms with Gasteiger partial charge in [0.15, 0.2) is 0 Å². The molecular formula is C11H14BrClN2O3. The second kappa shape index (κ2) is 7.53. The Bertz CT molecular complexity index is 476. The molecule has 0 aromatic carbocycles. The van der Waals surface area contributed by atoms with Crippen molar-refractivity contribution in [1.29, 1.82) is 0 Å². The van der Waals surface area contributed by atoms with Gasteiger partial charge in [0.05, 0.1) is 15.6 Å². The molecule has 0 atom stereocenters. The summed E-state index contributed by atoms with van der Waals surface area (Å²) in [5.74, 6) is 0.662. The molecule has 0 fully saturated rings. The Kier molecular flexibility index (Phi) is 6.35. The second-order valence-corrected chi connectivity index (χ2v) is 5.15. The highest BCUT2D eigenvalue weighted by Crippen LogP contribution is 2.12. The van der Waals surface area contributed by atoms with E-state index >= 15 is 0 Å². The molecule has 0 N–H and O–H groups in total. The molecule has 0 saturated heterocycles. The number of alkyl halides is 1. The molecule has 0 unspecified atom stereocenters. The third-order valence-corrected chi connectivity index (χ3v) is 3.35. The van der Waals surface area contributed by atoms with E-state index in [1.165, 1.54) is 6.20 Å². The van der Waals surface area contributed by atoms with Crippen LogP contribution in [0.3, 0.4) is 0 Å². The Balaban J connectivity index is 2.67. The average Bonchev–Trinajstić information content (AvgIpc) is 2.32. The first-order chi connectivity index (χ1) is 8.56. The van der Waals surface area contributed by atoms with Gasteiger partial charge in [0, 0.05) is 18.6 Å². The molecular weight excluding hydrogens is 323 g/mol. The topological polar surface area (TPSA) is 65.1 Å². The summed E-state index contributed by atoms with van der Waals surface area (Å²) < 4.78 is 1.89. The molecule has 0 aliphatic rings. The van der Waals surface area contributed by atoms with Gasteiger partial charge < -0.3 is 4.57 Å². The molecule has 0 amide bonds. The van der Waals surface area contributed by atoms with Crippen LogP contribution in [0, 0.1) is 10.1 Å². The zero-order valence-corrected chi connectivity index (χ0v) is 12.1. The van der Waals surface area contributed by atoms with Crippen LogP contribution in [0.4, 0.5) is 5.69 Å². The molecule has 0 spiro atoms. The van der Waals surface area contributed by atoms with Gasteiger partial charge in [-0.25, -0.2) is 0 Å². The van der Waals surface area contributed by atoms with Crippen molar-refractivity contribution < 1.29 is 4.92 Å². The molecule has 0 radical (unpaired) electrons. The van der Waals surface area contributed by atoms with E-state index in [-0.39, 0.29) is 4.47 Å². The summed E-state index contributed by atoms with van der Waals surface area (Å²) in [6, 6.07) is 0. The smallest absolute Gasteiger partial charge is 0.333 e. The highest BCUT2D eigenvalue weighted by atomic mass is 79.9. The van der Waals surface area contributed by atoms with Crippen molar-refractivity contribution in [2.75, 3.05) is 5.88 Å². The Labute approximate surface area is 118 Å². The Morgan fingerprint density at radius 1 is 1.28 bits per heavy atom. The van der Waals surface area contributed by atoms with E-state index in [2.05, 4.69) is 15.9 Å². The van der Waals surface area contributed by atoms with Crippen LogP contribution in [0.1, 0.15) is 25.7 Å². The normalized spacial score (nSPS) is 10.6. The maximum absolute atomic E-state index is 11.5. The lowest BCUT2D eigenvalue weighted by Crippen LogP contribution is -2.13.